The topological polar surface area (TPSA) is 12.5 Å². The van der Waals surface area contributed by atoms with Gasteiger partial charge in [-0.2, -0.15) is 13.2 Å². The molecule has 0 aliphatic carbocycles. The Labute approximate surface area is 104 Å². The largest absolute Gasteiger partial charge is 0.411 e. The van der Waals surface area contributed by atoms with Gasteiger partial charge >= 0.3 is 6.18 Å². The number of hydrogen-bond acceptors (Lipinski definition) is 2. The number of rotatable bonds is 5. The molecule has 17 heavy (non-hydrogen) atoms. The van der Waals surface area contributed by atoms with Crippen molar-refractivity contribution in [2.75, 3.05) is 26.7 Å². The fourth-order valence-electron chi connectivity index (χ4n) is 0.857. The lowest BCUT2D eigenvalue weighted by Gasteiger charge is -2.20. The number of ether oxygens (including phenoxy) is 1. The van der Waals surface area contributed by atoms with Crippen LogP contribution in [0.3, 0.4) is 0 Å². The third kappa shape index (κ3) is 21.5. The van der Waals surface area contributed by atoms with Crippen LogP contribution in [0.4, 0.5) is 13.2 Å². The van der Waals surface area contributed by atoms with Gasteiger partial charge in [-0.1, -0.05) is 34.6 Å². The summed E-state index contributed by atoms with van der Waals surface area (Å²) in [7, 11) is 1.84. The van der Waals surface area contributed by atoms with Crippen LogP contribution >= 0.6 is 0 Å². The summed E-state index contributed by atoms with van der Waals surface area (Å²) >= 11 is 0. The van der Waals surface area contributed by atoms with Crippen LogP contribution in [0.5, 0.6) is 0 Å². The number of nitrogens with zero attached hydrogens (tertiary/aromatic N) is 1. The quantitative estimate of drug-likeness (QED) is 0.741. The molecule has 0 aromatic heterocycles. The van der Waals surface area contributed by atoms with E-state index < -0.39 is 12.8 Å². The van der Waals surface area contributed by atoms with Gasteiger partial charge in [0, 0.05) is 6.54 Å². The van der Waals surface area contributed by atoms with Gasteiger partial charge in [-0.05, 0) is 20.5 Å². The lowest BCUT2D eigenvalue weighted by atomic mass is 10.3. The lowest BCUT2D eigenvalue weighted by molar-refractivity contribution is -0.184. The normalized spacial score (nSPS) is 12.2. The fourth-order valence-corrected chi connectivity index (χ4v) is 0.857. The molecule has 108 valence electrons. The fraction of sp³-hybridized carbons (Fsp3) is 1.00. The minimum atomic E-state index is -4.22. The second-order valence-corrected chi connectivity index (χ2v) is 3.09. The van der Waals surface area contributed by atoms with Crippen molar-refractivity contribution in [3.05, 3.63) is 0 Å². The van der Waals surface area contributed by atoms with Crippen LogP contribution in [0, 0.1) is 0 Å². The molecule has 0 aliphatic heterocycles. The summed E-state index contributed by atoms with van der Waals surface area (Å²) < 4.78 is 39.7. The van der Waals surface area contributed by atoms with E-state index in [1.54, 1.807) is 6.92 Å². The molecule has 0 aromatic carbocycles. The summed E-state index contributed by atoms with van der Waals surface area (Å²) in [4.78, 5) is 1.90. The lowest BCUT2D eigenvalue weighted by Crippen LogP contribution is -2.31. The molecule has 0 spiro atoms. The molecule has 0 amide bonds. The van der Waals surface area contributed by atoms with Crippen molar-refractivity contribution in [3.8, 4) is 0 Å². The van der Waals surface area contributed by atoms with Gasteiger partial charge in [-0.15, -0.1) is 0 Å². The van der Waals surface area contributed by atoms with Crippen LogP contribution < -0.4 is 0 Å². The van der Waals surface area contributed by atoms with Crippen molar-refractivity contribution < 1.29 is 17.9 Å². The number of hydrogen-bond donors (Lipinski definition) is 0. The Morgan fingerprint density at radius 1 is 1.12 bits per heavy atom. The maximum atomic E-state index is 11.7. The summed E-state index contributed by atoms with van der Waals surface area (Å²) in [6.45, 7) is 11.7. The predicted octanol–water partition coefficient (Wildman–Crippen LogP) is 3.96. The van der Waals surface area contributed by atoms with E-state index >= 15 is 0 Å². The van der Waals surface area contributed by atoms with E-state index in [1.807, 2.05) is 46.6 Å². The SMILES string of the molecule is CC.CC.CCN(C)CC(C)OCC(F)(F)F. The van der Waals surface area contributed by atoms with Crippen molar-refractivity contribution >= 4 is 0 Å². The van der Waals surface area contributed by atoms with E-state index in [-0.39, 0.29) is 6.10 Å². The average Bonchev–Trinajstić information content (AvgIpc) is 2.30. The molecule has 0 N–H and O–H groups in total. The second-order valence-electron chi connectivity index (χ2n) is 3.09. The molecule has 0 heterocycles. The molecule has 0 saturated heterocycles. The summed E-state index contributed by atoms with van der Waals surface area (Å²) in [5.74, 6) is 0. The maximum Gasteiger partial charge on any atom is 0.411 e. The van der Waals surface area contributed by atoms with E-state index in [1.165, 1.54) is 0 Å². The zero-order valence-corrected chi connectivity index (χ0v) is 12.2. The number of alkyl halides is 3. The van der Waals surface area contributed by atoms with Crippen molar-refractivity contribution in [2.45, 2.75) is 53.8 Å². The van der Waals surface area contributed by atoms with Gasteiger partial charge in [0.15, 0.2) is 0 Å². The van der Waals surface area contributed by atoms with Crippen LogP contribution in [0.15, 0.2) is 0 Å². The standard InChI is InChI=1S/C8H16F3NO.2C2H6/c1-4-12(3)5-7(2)13-6-8(9,10)11;2*1-2/h7H,4-6H2,1-3H3;2*1-2H3. The average molecular weight is 259 g/mol. The van der Waals surface area contributed by atoms with Crippen LogP contribution in [0.1, 0.15) is 41.5 Å². The summed E-state index contributed by atoms with van der Waals surface area (Å²) in [5.41, 5.74) is 0. The molecule has 5 heteroatoms. The maximum absolute atomic E-state index is 11.7. The Hall–Kier alpha value is -0.290. The van der Waals surface area contributed by atoms with Gasteiger partial charge < -0.3 is 9.64 Å². The minimum absolute atomic E-state index is 0.383. The predicted molar refractivity (Wildman–Crippen MR) is 67.3 cm³/mol. The molecule has 1 unspecified atom stereocenters. The summed E-state index contributed by atoms with van der Waals surface area (Å²) in [6.07, 6.45) is -4.61. The molecule has 0 bridgehead atoms. The van der Waals surface area contributed by atoms with E-state index in [2.05, 4.69) is 4.74 Å². The van der Waals surface area contributed by atoms with Gasteiger partial charge in [0.2, 0.25) is 0 Å². The second kappa shape index (κ2) is 13.8. The molecule has 0 rings (SSSR count). The monoisotopic (exact) mass is 259 g/mol. The Morgan fingerprint density at radius 3 is 1.82 bits per heavy atom. The van der Waals surface area contributed by atoms with Gasteiger partial charge in [0.1, 0.15) is 6.61 Å². The smallest absolute Gasteiger partial charge is 0.368 e. The highest BCUT2D eigenvalue weighted by Gasteiger charge is 2.28. The first-order valence-electron chi connectivity index (χ1n) is 6.22. The molecule has 0 fully saturated rings. The highest BCUT2D eigenvalue weighted by molar-refractivity contribution is 4.57. The van der Waals surface area contributed by atoms with Crippen molar-refractivity contribution in [3.63, 3.8) is 0 Å². The molecule has 0 aromatic rings. The first kappa shape index (κ1) is 21.9. The molecule has 1 atom stereocenters. The van der Waals surface area contributed by atoms with Crippen LogP contribution in [-0.2, 0) is 4.74 Å². The Kier molecular flexibility index (Phi) is 17.8. The van der Waals surface area contributed by atoms with E-state index in [0.717, 1.165) is 6.54 Å². The van der Waals surface area contributed by atoms with E-state index in [9.17, 15) is 13.2 Å². The molecule has 0 radical (unpaired) electrons. The molecule has 0 saturated carbocycles. The molecule has 0 aliphatic rings. The molecular formula is C12H28F3NO. The third-order valence-electron chi connectivity index (χ3n) is 1.64. The molecule has 2 nitrogen and oxygen atoms in total. The third-order valence-corrected chi connectivity index (χ3v) is 1.64. The van der Waals surface area contributed by atoms with Gasteiger partial charge in [0.25, 0.3) is 0 Å². The minimum Gasteiger partial charge on any atom is -0.368 e. The van der Waals surface area contributed by atoms with Crippen molar-refractivity contribution in [2.24, 2.45) is 0 Å². The van der Waals surface area contributed by atoms with Gasteiger partial charge in [-0.3, -0.25) is 0 Å². The zero-order valence-electron chi connectivity index (χ0n) is 12.2. The summed E-state index contributed by atoms with van der Waals surface area (Å²) in [5, 5.41) is 0. The first-order valence-corrected chi connectivity index (χ1v) is 6.22. The van der Waals surface area contributed by atoms with Crippen LogP contribution in [-0.4, -0.2) is 43.9 Å². The van der Waals surface area contributed by atoms with E-state index in [0.29, 0.717) is 6.54 Å². The van der Waals surface area contributed by atoms with Gasteiger partial charge in [0.05, 0.1) is 6.10 Å². The number of likely N-dealkylation sites (N-methyl/N-ethyl adjacent to an activating group) is 1. The summed E-state index contributed by atoms with van der Waals surface area (Å²) in [6, 6.07) is 0. The highest BCUT2D eigenvalue weighted by Crippen LogP contribution is 2.15. The van der Waals surface area contributed by atoms with Crippen LogP contribution in [0.2, 0.25) is 0 Å². The van der Waals surface area contributed by atoms with E-state index in [4.69, 9.17) is 0 Å². The highest BCUT2D eigenvalue weighted by atomic mass is 19.4. The van der Waals surface area contributed by atoms with Crippen molar-refractivity contribution in [1.82, 2.24) is 4.90 Å². The first-order chi connectivity index (χ1) is 7.85. The molecular weight excluding hydrogens is 231 g/mol. The number of halogens is 3. The van der Waals surface area contributed by atoms with Gasteiger partial charge in [-0.25, -0.2) is 0 Å². The Bertz CT molecular complexity index is 140. The Morgan fingerprint density at radius 2 is 1.53 bits per heavy atom. The van der Waals surface area contributed by atoms with Crippen LogP contribution in [0.25, 0.3) is 0 Å². The zero-order chi connectivity index (χ0) is 14.5. The Balaban J connectivity index is -0.000000439. The van der Waals surface area contributed by atoms with Crippen molar-refractivity contribution in [1.29, 1.82) is 0 Å².